The molecule has 0 aliphatic heterocycles. The van der Waals surface area contributed by atoms with E-state index in [1.807, 2.05) is 76.2 Å². The second-order valence-corrected chi connectivity index (χ2v) is 29.1. The molecule has 8 amide bonds. The van der Waals surface area contributed by atoms with Crippen LogP contribution in [0.3, 0.4) is 0 Å². The summed E-state index contributed by atoms with van der Waals surface area (Å²) in [6.45, 7) is 27.7. The Balaban J connectivity index is 1.83. The van der Waals surface area contributed by atoms with E-state index in [4.69, 9.17) is 37.9 Å². The van der Waals surface area contributed by atoms with Crippen molar-refractivity contribution in [1.82, 2.24) is 19.6 Å². The fourth-order valence-corrected chi connectivity index (χ4v) is 13.0. The molecule has 0 saturated carbocycles. The Morgan fingerprint density at radius 3 is 0.554 bits per heavy atom. The van der Waals surface area contributed by atoms with Crippen molar-refractivity contribution in [3.05, 3.63) is 93.0 Å². The summed E-state index contributed by atoms with van der Waals surface area (Å²) in [4.78, 5) is 119. The van der Waals surface area contributed by atoms with E-state index in [-0.39, 0.29) is 102 Å². The van der Waals surface area contributed by atoms with Crippen molar-refractivity contribution < 1.29 is 76.3 Å². The van der Waals surface area contributed by atoms with Gasteiger partial charge in [0.05, 0.1) is 26.4 Å². The number of ether oxygens (including phenoxy) is 8. The number of nitrogens with one attached hydrogen (secondary N) is 4. The quantitative estimate of drug-likeness (QED) is 0.0282. The van der Waals surface area contributed by atoms with Crippen LogP contribution in [0.5, 0.6) is 23.0 Å². The van der Waals surface area contributed by atoms with Gasteiger partial charge in [0.1, 0.15) is 75.9 Å². The van der Waals surface area contributed by atoms with E-state index in [0.29, 0.717) is 168 Å². The molecule has 5 rings (SSSR count). The standard InChI is InChI=1S/C88H136N8O16/c1-13-25-33-93(34-26-14-2)81(101)61-105-57-77(97)89-73-49-65-45-67-51-74(90-78(98)58-106-62-82(102)94(35-27-15-3)36-28-16-4)53-69(86(67)110-42-22-10)47-71-55-76(92-80(100)60-108-64-84(104)96(39-31-19-7)40-32-20-8)56-72(88(71)112-44-24-12)48-70-54-75(91-79(99)59-107-63-83(103)95(37-29-17-5)38-30-18-6)52-68(87(70)111-43-23-11)46-66(50-73)85(65)109-41-21-9/h49-56H,13-48,57-64H2,1-12H3,(H,89,97)(H,90,98)(H,91,99)(H,92,100). The van der Waals surface area contributed by atoms with Gasteiger partial charge in [0.25, 0.3) is 0 Å². The maximum Gasteiger partial charge on any atom is 0.250 e. The van der Waals surface area contributed by atoms with Crippen LogP contribution in [-0.4, -0.2) is 198 Å². The van der Waals surface area contributed by atoms with Crippen molar-refractivity contribution in [2.24, 2.45) is 0 Å². The number of fused-ring (bicyclic) bond motifs is 8. The molecule has 4 aromatic carbocycles. The Morgan fingerprint density at radius 1 is 0.250 bits per heavy atom. The zero-order chi connectivity index (χ0) is 81.4. The van der Waals surface area contributed by atoms with Crippen molar-refractivity contribution in [2.45, 2.75) is 237 Å². The first-order chi connectivity index (χ1) is 54.3. The monoisotopic (exact) mass is 1560 g/mol. The van der Waals surface area contributed by atoms with Crippen LogP contribution >= 0.6 is 0 Å². The van der Waals surface area contributed by atoms with Gasteiger partial charge in [-0.05, 0) is 126 Å². The number of carbonyl (C=O) groups excluding carboxylic acids is 8. The number of rotatable bonds is 56. The lowest BCUT2D eigenvalue weighted by Gasteiger charge is -2.25. The lowest BCUT2D eigenvalue weighted by Crippen LogP contribution is -2.36. The van der Waals surface area contributed by atoms with Crippen LogP contribution in [0.25, 0.3) is 0 Å². The van der Waals surface area contributed by atoms with Crippen LogP contribution in [0.4, 0.5) is 22.7 Å². The van der Waals surface area contributed by atoms with Crippen LogP contribution in [0.2, 0.25) is 0 Å². The maximum atomic E-state index is 14.4. The van der Waals surface area contributed by atoms with Crippen molar-refractivity contribution in [3.63, 3.8) is 0 Å². The molecule has 0 spiro atoms. The number of amides is 8. The van der Waals surface area contributed by atoms with E-state index in [0.717, 1.165) is 103 Å². The van der Waals surface area contributed by atoms with E-state index < -0.39 is 50.1 Å². The molecular formula is C88H136N8O16. The Kier molecular flexibility index (Phi) is 45.8. The molecule has 0 fully saturated rings. The SMILES string of the molecule is CCCCN(CCCC)C(=O)COCC(=O)Nc1cc2c(OCCC)c(c1)Cc1cc(NC(=O)COCC(=O)N(CCCC)CCCC)cc(c1OCCC)Cc1cc(NC(=O)COCC(=O)N(CCCC)CCCC)cc(c1OCCC)Cc1cc(NC(=O)COCC(=O)N(CCCC)CCCC)cc(c1OCCC)C2. The second-order valence-electron chi connectivity index (χ2n) is 29.1. The van der Waals surface area contributed by atoms with Gasteiger partial charge in [0.15, 0.2) is 0 Å². The van der Waals surface area contributed by atoms with Gasteiger partial charge in [-0.3, -0.25) is 38.4 Å². The molecule has 0 aromatic heterocycles. The van der Waals surface area contributed by atoms with Gasteiger partial charge in [0, 0.05) is 145 Å². The van der Waals surface area contributed by atoms with E-state index >= 15 is 0 Å². The molecule has 8 bridgehead atoms. The normalized spacial score (nSPS) is 11.7. The minimum absolute atomic E-state index is 0.0915. The molecule has 4 N–H and O–H groups in total. The third-order valence-corrected chi connectivity index (χ3v) is 18.9. The Labute approximate surface area is 668 Å². The Hall–Kier alpha value is -8.32. The third-order valence-electron chi connectivity index (χ3n) is 18.9. The first kappa shape index (κ1) is 94.3. The summed E-state index contributed by atoms with van der Waals surface area (Å²) in [5.74, 6) is -0.821. The van der Waals surface area contributed by atoms with E-state index in [9.17, 15) is 38.4 Å². The van der Waals surface area contributed by atoms with Crippen LogP contribution < -0.4 is 40.2 Å². The minimum Gasteiger partial charge on any atom is -0.493 e. The van der Waals surface area contributed by atoms with Gasteiger partial charge < -0.3 is 78.8 Å². The average Bonchev–Trinajstić information content (AvgIpc) is 0.772. The van der Waals surface area contributed by atoms with Crippen LogP contribution in [-0.2, 0) is 83.0 Å². The molecular weight excluding hydrogens is 1430 g/mol. The highest BCUT2D eigenvalue weighted by atomic mass is 16.5. The van der Waals surface area contributed by atoms with Crippen molar-refractivity contribution >= 4 is 70.0 Å². The summed E-state index contributed by atoms with van der Waals surface area (Å²) in [6, 6.07) is 14.8. The molecule has 112 heavy (non-hydrogen) atoms. The highest BCUT2D eigenvalue weighted by Gasteiger charge is 2.28. The third kappa shape index (κ3) is 33.4. The predicted molar refractivity (Wildman–Crippen MR) is 444 cm³/mol. The highest BCUT2D eigenvalue weighted by molar-refractivity contribution is 5.95. The smallest absolute Gasteiger partial charge is 0.250 e. The molecule has 0 saturated heterocycles. The molecule has 24 nitrogen and oxygen atoms in total. The molecule has 0 radical (unpaired) electrons. The topological polar surface area (TPSA) is 271 Å². The first-order valence-corrected chi connectivity index (χ1v) is 42.1. The number of carbonyl (C=O) groups is 8. The van der Waals surface area contributed by atoms with Gasteiger partial charge in [-0.1, -0.05) is 134 Å². The lowest BCUT2D eigenvalue weighted by molar-refractivity contribution is -0.138. The molecule has 4 aromatic rings. The first-order valence-electron chi connectivity index (χ1n) is 42.1. The number of nitrogens with zero attached hydrogens (tertiary/aromatic N) is 4. The van der Waals surface area contributed by atoms with E-state index in [1.54, 1.807) is 19.6 Å². The van der Waals surface area contributed by atoms with Crippen LogP contribution in [0.15, 0.2) is 48.5 Å². The summed E-state index contributed by atoms with van der Waals surface area (Å²) >= 11 is 0. The van der Waals surface area contributed by atoms with Crippen molar-refractivity contribution in [3.8, 4) is 23.0 Å². The number of unbranched alkanes of at least 4 members (excludes halogenated alkanes) is 8. The Bertz CT molecular complexity index is 2970. The lowest BCUT2D eigenvalue weighted by atomic mass is 9.90. The number of hydrogen-bond donors (Lipinski definition) is 4. The van der Waals surface area contributed by atoms with Crippen molar-refractivity contribution in [1.29, 1.82) is 0 Å². The summed E-state index contributed by atoms with van der Waals surface area (Å²) in [6.07, 6.45) is 16.9. The van der Waals surface area contributed by atoms with Gasteiger partial charge in [-0.25, -0.2) is 0 Å². The molecule has 0 heterocycles. The molecule has 0 unspecified atom stereocenters. The Morgan fingerprint density at radius 2 is 0.411 bits per heavy atom. The van der Waals surface area contributed by atoms with Gasteiger partial charge in [0.2, 0.25) is 47.3 Å². The number of benzene rings is 4. The highest BCUT2D eigenvalue weighted by Crippen LogP contribution is 2.43. The number of anilines is 4. The molecule has 1 aliphatic carbocycles. The molecule has 24 heteroatoms. The van der Waals surface area contributed by atoms with Gasteiger partial charge in [-0.15, -0.1) is 0 Å². The minimum atomic E-state index is -0.509. The zero-order valence-electron chi connectivity index (χ0n) is 70.1. The van der Waals surface area contributed by atoms with Crippen LogP contribution in [0, 0.1) is 0 Å². The average molecular weight is 1560 g/mol. The summed E-state index contributed by atoms with van der Waals surface area (Å²) in [5.41, 5.74) is 6.48. The molecule has 1 aliphatic rings. The predicted octanol–water partition coefficient (Wildman–Crippen LogP) is 15.1. The molecule has 0 atom stereocenters. The largest absolute Gasteiger partial charge is 0.493 e. The zero-order valence-corrected chi connectivity index (χ0v) is 70.1. The summed E-state index contributed by atoms with van der Waals surface area (Å²) < 4.78 is 51.4. The maximum absolute atomic E-state index is 14.4. The van der Waals surface area contributed by atoms with Gasteiger partial charge >= 0.3 is 0 Å². The molecule has 624 valence electrons. The number of hydrogen-bond acceptors (Lipinski definition) is 16. The van der Waals surface area contributed by atoms with Crippen molar-refractivity contribution in [2.75, 3.05) is 153 Å². The summed E-state index contributed by atoms with van der Waals surface area (Å²) in [7, 11) is 0. The van der Waals surface area contributed by atoms with E-state index in [2.05, 4.69) is 76.7 Å². The fraction of sp³-hybridized carbons (Fsp3) is 0.636. The second kappa shape index (κ2) is 54.4. The van der Waals surface area contributed by atoms with Gasteiger partial charge in [-0.2, -0.15) is 0 Å². The fourth-order valence-electron chi connectivity index (χ4n) is 13.0. The summed E-state index contributed by atoms with van der Waals surface area (Å²) in [5, 5.41) is 12.4. The van der Waals surface area contributed by atoms with E-state index in [1.165, 1.54) is 0 Å². The van der Waals surface area contributed by atoms with Crippen LogP contribution in [0.1, 0.15) is 256 Å².